The van der Waals surface area contributed by atoms with Gasteiger partial charge in [0.25, 0.3) is 0 Å². The fraction of sp³-hybridized carbons (Fsp3) is 0.500. The molecule has 1 saturated heterocycles. The molecular formula is C16H19Cl2NO4. The maximum absolute atomic E-state index is 12.0. The molecule has 1 fully saturated rings. The van der Waals surface area contributed by atoms with Gasteiger partial charge in [-0.25, -0.2) is 0 Å². The van der Waals surface area contributed by atoms with Crippen LogP contribution >= 0.6 is 23.2 Å². The summed E-state index contributed by atoms with van der Waals surface area (Å²) in [4.78, 5) is 23.5. The van der Waals surface area contributed by atoms with Crippen molar-refractivity contribution in [3.8, 4) is 0 Å². The molecule has 1 aliphatic heterocycles. The van der Waals surface area contributed by atoms with E-state index in [1.54, 1.807) is 18.2 Å². The van der Waals surface area contributed by atoms with Crippen LogP contribution in [0.4, 0.5) is 0 Å². The van der Waals surface area contributed by atoms with E-state index in [0.29, 0.717) is 42.5 Å². The zero-order chi connectivity index (χ0) is 16.9. The van der Waals surface area contributed by atoms with Gasteiger partial charge in [0.05, 0.1) is 5.41 Å². The van der Waals surface area contributed by atoms with Gasteiger partial charge in [-0.2, -0.15) is 0 Å². The molecule has 7 heteroatoms. The minimum absolute atomic E-state index is 0.124. The topological polar surface area (TPSA) is 75.6 Å². The molecule has 1 aliphatic rings. The van der Waals surface area contributed by atoms with Crippen molar-refractivity contribution in [2.24, 2.45) is 5.41 Å². The Morgan fingerprint density at radius 2 is 1.96 bits per heavy atom. The molecule has 0 aromatic heterocycles. The van der Waals surface area contributed by atoms with Gasteiger partial charge in [0.1, 0.15) is 0 Å². The lowest BCUT2D eigenvalue weighted by Crippen LogP contribution is -2.46. The lowest BCUT2D eigenvalue weighted by atomic mass is 9.80. The Balaban J connectivity index is 1.85. The molecule has 0 aliphatic carbocycles. The van der Waals surface area contributed by atoms with Crippen molar-refractivity contribution in [1.82, 2.24) is 5.32 Å². The highest BCUT2D eigenvalue weighted by atomic mass is 35.5. The number of hydrogen-bond donors (Lipinski definition) is 2. The number of hydrogen-bond acceptors (Lipinski definition) is 3. The average molecular weight is 360 g/mol. The van der Waals surface area contributed by atoms with Crippen molar-refractivity contribution in [3.05, 3.63) is 33.8 Å². The summed E-state index contributed by atoms with van der Waals surface area (Å²) < 4.78 is 5.21. The first kappa shape index (κ1) is 18.0. The Hall–Kier alpha value is -1.30. The zero-order valence-corrected chi connectivity index (χ0v) is 14.1. The highest BCUT2D eigenvalue weighted by Crippen LogP contribution is 2.30. The van der Waals surface area contributed by atoms with Gasteiger partial charge in [0.2, 0.25) is 5.91 Å². The lowest BCUT2D eigenvalue weighted by molar-refractivity contribution is -0.154. The van der Waals surface area contributed by atoms with Crippen LogP contribution in [0.15, 0.2) is 18.2 Å². The van der Waals surface area contributed by atoms with Crippen molar-refractivity contribution < 1.29 is 19.4 Å². The molecule has 0 saturated carbocycles. The number of rotatable bonds is 6. The van der Waals surface area contributed by atoms with Crippen LogP contribution in [0.2, 0.25) is 10.0 Å². The molecule has 1 amide bonds. The number of aliphatic carboxylic acids is 1. The van der Waals surface area contributed by atoms with E-state index in [9.17, 15) is 14.7 Å². The van der Waals surface area contributed by atoms with Gasteiger partial charge in [0.15, 0.2) is 0 Å². The van der Waals surface area contributed by atoms with Crippen LogP contribution < -0.4 is 5.32 Å². The van der Waals surface area contributed by atoms with Crippen molar-refractivity contribution in [3.63, 3.8) is 0 Å². The average Bonchev–Trinajstić information content (AvgIpc) is 2.53. The summed E-state index contributed by atoms with van der Waals surface area (Å²) in [5, 5.41) is 13.2. The second kappa shape index (κ2) is 7.99. The van der Waals surface area contributed by atoms with Crippen LogP contribution in [-0.2, 0) is 20.7 Å². The number of amides is 1. The van der Waals surface area contributed by atoms with Crippen LogP contribution in [0.1, 0.15) is 24.8 Å². The summed E-state index contributed by atoms with van der Waals surface area (Å²) in [6, 6.07) is 5.15. The van der Waals surface area contributed by atoms with Crippen LogP contribution in [-0.4, -0.2) is 36.7 Å². The number of carbonyl (C=O) groups is 2. The Kier molecular flexibility index (Phi) is 6.27. The lowest BCUT2D eigenvalue weighted by Gasteiger charge is -2.33. The molecule has 1 heterocycles. The smallest absolute Gasteiger partial charge is 0.311 e. The summed E-state index contributed by atoms with van der Waals surface area (Å²) in [5.74, 6) is -1.08. The first-order valence-corrected chi connectivity index (χ1v) is 8.20. The summed E-state index contributed by atoms with van der Waals surface area (Å²) in [7, 11) is 0. The minimum Gasteiger partial charge on any atom is -0.481 e. The fourth-order valence-corrected chi connectivity index (χ4v) is 3.06. The number of carbonyl (C=O) groups excluding carboxylic acids is 1. The fourth-order valence-electron chi connectivity index (χ4n) is 2.56. The van der Waals surface area contributed by atoms with E-state index in [2.05, 4.69) is 5.32 Å². The largest absolute Gasteiger partial charge is 0.481 e. The molecule has 0 atom stereocenters. The number of halogens is 2. The standard InChI is InChI=1S/C16H19Cl2NO4/c17-12-3-1-11(13(18)9-12)2-4-14(20)19-10-16(15(21)22)5-7-23-8-6-16/h1,3,9H,2,4-8,10H2,(H,19,20)(H,21,22). The van der Waals surface area contributed by atoms with Crippen LogP contribution in [0.5, 0.6) is 0 Å². The number of nitrogens with one attached hydrogen (secondary N) is 1. The number of aryl methyl sites for hydroxylation is 1. The SMILES string of the molecule is O=C(CCc1ccc(Cl)cc1Cl)NCC1(C(=O)O)CCOCC1. The molecule has 0 radical (unpaired) electrons. The minimum atomic E-state index is -0.925. The van der Waals surface area contributed by atoms with Gasteiger partial charge in [-0.05, 0) is 37.0 Å². The molecule has 1 aromatic rings. The second-order valence-electron chi connectivity index (χ2n) is 5.71. The third-order valence-corrected chi connectivity index (χ3v) is 4.75. The van der Waals surface area contributed by atoms with Crippen molar-refractivity contribution in [2.75, 3.05) is 19.8 Å². The summed E-state index contributed by atoms with van der Waals surface area (Å²) in [5.41, 5.74) is -0.0866. The second-order valence-corrected chi connectivity index (χ2v) is 6.55. The number of ether oxygens (including phenoxy) is 1. The molecule has 1 aromatic carbocycles. The van der Waals surface area contributed by atoms with Gasteiger partial charge in [-0.15, -0.1) is 0 Å². The maximum Gasteiger partial charge on any atom is 0.311 e. The number of benzene rings is 1. The molecule has 23 heavy (non-hydrogen) atoms. The predicted octanol–water partition coefficient (Wildman–Crippen LogP) is 2.92. The molecule has 0 bridgehead atoms. The molecular weight excluding hydrogens is 341 g/mol. The van der Waals surface area contributed by atoms with E-state index in [-0.39, 0.29) is 18.9 Å². The maximum atomic E-state index is 12.0. The molecule has 2 N–H and O–H groups in total. The first-order valence-electron chi connectivity index (χ1n) is 7.45. The van der Waals surface area contributed by atoms with Gasteiger partial charge in [0, 0.05) is 36.2 Å². The Morgan fingerprint density at radius 1 is 1.26 bits per heavy atom. The van der Waals surface area contributed by atoms with E-state index in [1.807, 2.05) is 0 Å². The zero-order valence-electron chi connectivity index (χ0n) is 12.6. The Labute approximate surface area is 144 Å². The predicted molar refractivity (Wildman–Crippen MR) is 87.9 cm³/mol. The quantitative estimate of drug-likeness (QED) is 0.818. The third kappa shape index (κ3) is 4.83. The molecule has 126 valence electrons. The number of carboxylic acid groups (broad SMARTS) is 1. The van der Waals surface area contributed by atoms with E-state index in [4.69, 9.17) is 27.9 Å². The van der Waals surface area contributed by atoms with E-state index < -0.39 is 11.4 Å². The summed E-state index contributed by atoms with van der Waals surface area (Å²) in [6.45, 7) is 0.935. The summed E-state index contributed by atoms with van der Waals surface area (Å²) in [6.07, 6.45) is 1.54. The normalized spacial score (nSPS) is 16.8. The number of carboxylic acids is 1. The highest BCUT2D eigenvalue weighted by Gasteiger charge is 2.40. The highest BCUT2D eigenvalue weighted by molar-refractivity contribution is 6.35. The van der Waals surface area contributed by atoms with Crippen molar-refractivity contribution >= 4 is 35.1 Å². The van der Waals surface area contributed by atoms with E-state index in [0.717, 1.165) is 5.56 Å². The van der Waals surface area contributed by atoms with Crippen molar-refractivity contribution in [1.29, 1.82) is 0 Å². The molecule has 0 spiro atoms. The molecule has 2 rings (SSSR count). The Morgan fingerprint density at radius 3 is 2.57 bits per heavy atom. The van der Waals surface area contributed by atoms with Crippen LogP contribution in [0.3, 0.4) is 0 Å². The third-order valence-electron chi connectivity index (χ3n) is 4.16. The van der Waals surface area contributed by atoms with Gasteiger partial charge in [-0.3, -0.25) is 9.59 Å². The van der Waals surface area contributed by atoms with Crippen molar-refractivity contribution in [2.45, 2.75) is 25.7 Å². The van der Waals surface area contributed by atoms with Gasteiger partial charge in [-0.1, -0.05) is 29.3 Å². The summed E-state index contributed by atoms with van der Waals surface area (Å²) >= 11 is 11.9. The molecule has 5 nitrogen and oxygen atoms in total. The van der Waals surface area contributed by atoms with E-state index in [1.165, 1.54) is 0 Å². The van der Waals surface area contributed by atoms with Gasteiger partial charge < -0.3 is 15.2 Å². The first-order chi connectivity index (χ1) is 10.9. The van der Waals surface area contributed by atoms with E-state index >= 15 is 0 Å². The molecule has 0 unspecified atom stereocenters. The van der Waals surface area contributed by atoms with Crippen LogP contribution in [0.25, 0.3) is 0 Å². The monoisotopic (exact) mass is 359 g/mol. The van der Waals surface area contributed by atoms with Gasteiger partial charge >= 0.3 is 5.97 Å². The Bertz CT molecular complexity index is 585. The van der Waals surface area contributed by atoms with Crippen LogP contribution in [0, 0.1) is 5.41 Å².